The second-order valence-corrected chi connectivity index (χ2v) is 5.19. The monoisotopic (exact) mass is 260 g/mol. The molecule has 0 rings (SSSR count). The molecule has 0 saturated heterocycles. The van der Waals surface area contributed by atoms with Crippen molar-refractivity contribution < 1.29 is 9.90 Å². The van der Waals surface area contributed by atoms with Gasteiger partial charge in [-0.05, 0) is 0 Å². The Morgan fingerprint density at radius 1 is 1.70 bits per heavy atom. The summed E-state index contributed by atoms with van der Waals surface area (Å²) < 4.78 is 1.28. The SMILES string of the molecule is C[Te]CCCC(C)C(=O)O. The van der Waals surface area contributed by atoms with Crippen LogP contribution in [0.5, 0.6) is 0 Å². The summed E-state index contributed by atoms with van der Waals surface area (Å²) in [6.45, 7) is 1.78. The normalized spacial score (nSPS) is 13.0. The first-order valence-electron chi connectivity index (χ1n) is 3.40. The van der Waals surface area contributed by atoms with Crippen molar-refractivity contribution in [2.75, 3.05) is 0 Å². The van der Waals surface area contributed by atoms with Crippen LogP contribution in [0.15, 0.2) is 0 Å². The fraction of sp³-hybridized carbons (Fsp3) is 0.857. The number of carboxylic acid groups (broad SMARTS) is 1. The van der Waals surface area contributed by atoms with E-state index >= 15 is 0 Å². The second kappa shape index (κ2) is 6.00. The van der Waals surface area contributed by atoms with Gasteiger partial charge in [0.1, 0.15) is 0 Å². The van der Waals surface area contributed by atoms with Gasteiger partial charge in [0.05, 0.1) is 0 Å². The molecule has 0 saturated carbocycles. The molecule has 10 heavy (non-hydrogen) atoms. The molecule has 0 aliphatic rings. The van der Waals surface area contributed by atoms with E-state index in [9.17, 15) is 4.79 Å². The van der Waals surface area contributed by atoms with E-state index in [-0.39, 0.29) is 26.8 Å². The number of carbonyl (C=O) groups is 1. The van der Waals surface area contributed by atoms with Crippen molar-refractivity contribution in [2.24, 2.45) is 5.92 Å². The molecule has 2 nitrogen and oxygen atoms in total. The number of hydrogen-bond acceptors (Lipinski definition) is 1. The van der Waals surface area contributed by atoms with E-state index in [0.717, 1.165) is 12.8 Å². The van der Waals surface area contributed by atoms with Gasteiger partial charge in [-0.2, -0.15) is 0 Å². The summed E-state index contributed by atoms with van der Waals surface area (Å²) >= 11 is 0.218. The number of carboxylic acids is 1. The van der Waals surface area contributed by atoms with Crippen LogP contribution in [0.1, 0.15) is 19.8 Å². The van der Waals surface area contributed by atoms with Crippen LogP contribution in [-0.4, -0.2) is 32.0 Å². The van der Waals surface area contributed by atoms with Crippen molar-refractivity contribution in [1.82, 2.24) is 0 Å². The first-order chi connectivity index (χ1) is 4.68. The van der Waals surface area contributed by atoms with E-state index in [1.165, 1.54) is 4.47 Å². The molecule has 1 atom stereocenters. The third kappa shape index (κ3) is 5.08. The molecule has 0 fully saturated rings. The maximum absolute atomic E-state index is 10.3. The molecule has 0 aliphatic carbocycles. The van der Waals surface area contributed by atoms with Crippen LogP contribution < -0.4 is 0 Å². The van der Waals surface area contributed by atoms with Crippen molar-refractivity contribution >= 4 is 26.9 Å². The van der Waals surface area contributed by atoms with E-state index in [2.05, 4.69) is 4.97 Å². The summed E-state index contributed by atoms with van der Waals surface area (Å²) in [5.41, 5.74) is 0. The van der Waals surface area contributed by atoms with Gasteiger partial charge >= 0.3 is 71.9 Å². The quantitative estimate of drug-likeness (QED) is 0.601. The fourth-order valence-electron chi connectivity index (χ4n) is 0.657. The van der Waals surface area contributed by atoms with Gasteiger partial charge in [-0.25, -0.2) is 0 Å². The zero-order chi connectivity index (χ0) is 7.98. The summed E-state index contributed by atoms with van der Waals surface area (Å²) in [5, 5.41) is 8.49. The molecule has 0 aromatic heterocycles. The zero-order valence-electron chi connectivity index (χ0n) is 6.46. The van der Waals surface area contributed by atoms with E-state index in [1.54, 1.807) is 6.92 Å². The standard InChI is InChI=1S/C7H14O2Te/c1-6(7(8)9)4-3-5-10-2/h6H,3-5H2,1-2H3,(H,8,9). The van der Waals surface area contributed by atoms with Gasteiger partial charge in [0.25, 0.3) is 0 Å². The summed E-state index contributed by atoms with van der Waals surface area (Å²) in [6.07, 6.45) is 1.96. The van der Waals surface area contributed by atoms with Gasteiger partial charge in [-0.15, -0.1) is 0 Å². The van der Waals surface area contributed by atoms with Crippen molar-refractivity contribution in [1.29, 1.82) is 0 Å². The Balaban J connectivity index is 3.21. The molecule has 3 heteroatoms. The molecule has 0 aromatic carbocycles. The first-order valence-corrected chi connectivity index (χ1v) is 7.38. The van der Waals surface area contributed by atoms with E-state index in [4.69, 9.17) is 5.11 Å². The van der Waals surface area contributed by atoms with Crippen LogP contribution in [0.2, 0.25) is 9.44 Å². The summed E-state index contributed by atoms with van der Waals surface area (Å²) in [6, 6.07) is 0. The Labute approximate surface area is 72.1 Å². The fourth-order valence-corrected chi connectivity index (χ4v) is 1.96. The van der Waals surface area contributed by atoms with Crippen molar-refractivity contribution in [3.05, 3.63) is 0 Å². The molecule has 0 amide bonds. The molecule has 1 N–H and O–H groups in total. The zero-order valence-corrected chi connectivity index (χ0v) is 8.79. The first kappa shape index (κ1) is 10.3. The molecule has 0 bridgehead atoms. The van der Waals surface area contributed by atoms with Crippen LogP contribution >= 0.6 is 0 Å². The average Bonchev–Trinajstić information content (AvgIpc) is 1.88. The Morgan fingerprint density at radius 3 is 2.70 bits per heavy atom. The van der Waals surface area contributed by atoms with E-state index < -0.39 is 5.97 Å². The number of aliphatic carboxylic acids is 1. The third-order valence-corrected chi connectivity index (χ3v) is 3.40. The molecule has 0 spiro atoms. The molecular formula is C7H14O2Te. The van der Waals surface area contributed by atoms with Crippen molar-refractivity contribution in [3.63, 3.8) is 0 Å². The van der Waals surface area contributed by atoms with Gasteiger partial charge in [-0.1, -0.05) is 0 Å². The Kier molecular flexibility index (Phi) is 6.16. The average molecular weight is 258 g/mol. The number of hydrogen-bond donors (Lipinski definition) is 1. The van der Waals surface area contributed by atoms with Crippen LogP contribution in [-0.2, 0) is 4.79 Å². The molecule has 60 valence electrons. The molecular weight excluding hydrogens is 244 g/mol. The van der Waals surface area contributed by atoms with Crippen molar-refractivity contribution in [2.45, 2.75) is 29.2 Å². The van der Waals surface area contributed by atoms with E-state index in [0.29, 0.717) is 0 Å². The minimum absolute atomic E-state index is 0.140. The van der Waals surface area contributed by atoms with Gasteiger partial charge in [0.2, 0.25) is 0 Å². The Bertz CT molecular complexity index is 104. The molecule has 0 aromatic rings. The number of rotatable bonds is 5. The molecule has 1 unspecified atom stereocenters. The Hall–Kier alpha value is 0.260. The van der Waals surface area contributed by atoms with Crippen molar-refractivity contribution in [3.8, 4) is 0 Å². The molecule has 0 heterocycles. The van der Waals surface area contributed by atoms with Crippen LogP contribution in [0.4, 0.5) is 0 Å². The van der Waals surface area contributed by atoms with E-state index in [1.807, 2.05) is 0 Å². The summed E-state index contributed by atoms with van der Waals surface area (Å²) in [5.74, 6) is -0.796. The topological polar surface area (TPSA) is 37.3 Å². The third-order valence-electron chi connectivity index (χ3n) is 1.41. The van der Waals surface area contributed by atoms with Gasteiger partial charge in [-0.3, -0.25) is 0 Å². The summed E-state index contributed by atoms with van der Waals surface area (Å²) in [7, 11) is 0. The maximum atomic E-state index is 10.3. The van der Waals surface area contributed by atoms with Crippen LogP contribution in [0, 0.1) is 5.92 Å². The minimum atomic E-state index is -0.656. The predicted molar refractivity (Wildman–Crippen MR) is 42.5 cm³/mol. The Morgan fingerprint density at radius 2 is 2.30 bits per heavy atom. The van der Waals surface area contributed by atoms with Gasteiger partial charge < -0.3 is 0 Å². The van der Waals surface area contributed by atoms with Gasteiger partial charge in [0, 0.05) is 0 Å². The van der Waals surface area contributed by atoms with Gasteiger partial charge in [0.15, 0.2) is 0 Å². The summed E-state index contributed by atoms with van der Waals surface area (Å²) in [4.78, 5) is 12.6. The second-order valence-electron chi connectivity index (χ2n) is 2.37. The van der Waals surface area contributed by atoms with Crippen LogP contribution in [0.25, 0.3) is 0 Å². The predicted octanol–water partition coefficient (Wildman–Crippen LogP) is 1.66. The molecule has 0 aliphatic heterocycles. The molecule has 0 radical (unpaired) electrons. The van der Waals surface area contributed by atoms with Crippen LogP contribution in [0.3, 0.4) is 0 Å².